The number of carboxylic acid groups (broad SMARTS) is 1. The Morgan fingerprint density at radius 1 is 1.45 bits per heavy atom. The van der Waals surface area contributed by atoms with E-state index in [0.29, 0.717) is 5.69 Å². The fraction of sp³-hybridized carbons (Fsp3) is 0.167. The van der Waals surface area contributed by atoms with Gasteiger partial charge < -0.3 is 10.4 Å². The van der Waals surface area contributed by atoms with Crippen LogP contribution in [0.3, 0.4) is 0 Å². The second-order valence-electron chi connectivity index (χ2n) is 3.89. The van der Waals surface area contributed by atoms with Gasteiger partial charge in [0.1, 0.15) is 6.54 Å². The normalized spacial score (nSPS) is 10.2. The van der Waals surface area contributed by atoms with Gasteiger partial charge >= 0.3 is 5.97 Å². The third-order valence-corrected chi connectivity index (χ3v) is 3.14. The monoisotopic (exact) mass is 292 g/mol. The predicted molar refractivity (Wildman–Crippen MR) is 73.8 cm³/mol. The Hall–Kier alpha value is -2.35. The number of anilines is 1. The number of aromatic carboxylic acids is 1. The van der Waals surface area contributed by atoms with Crippen molar-refractivity contribution in [1.82, 2.24) is 15.0 Å². The van der Waals surface area contributed by atoms with E-state index in [-0.39, 0.29) is 18.1 Å². The molecule has 2 rings (SSSR count). The topological polar surface area (TPSA) is 97.1 Å². The number of aromatic nitrogens is 3. The van der Waals surface area contributed by atoms with Crippen LogP contribution < -0.4 is 5.32 Å². The number of nitrogens with zero attached hydrogens (tertiary/aromatic N) is 3. The summed E-state index contributed by atoms with van der Waals surface area (Å²) in [4.78, 5) is 23.5. The molecule has 0 fully saturated rings. The molecule has 0 spiro atoms. The first-order chi connectivity index (χ1) is 9.58. The van der Waals surface area contributed by atoms with E-state index >= 15 is 0 Å². The van der Waals surface area contributed by atoms with E-state index in [9.17, 15) is 9.59 Å². The molecule has 0 aliphatic rings. The van der Waals surface area contributed by atoms with Crippen molar-refractivity contribution in [2.24, 2.45) is 0 Å². The third kappa shape index (κ3) is 3.58. The Bertz CT molecular complexity index is 641. The molecular formula is C12H12N4O3S. The van der Waals surface area contributed by atoms with Crippen molar-refractivity contribution in [2.45, 2.75) is 11.4 Å². The highest BCUT2D eigenvalue weighted by atomic mass is 32.2. The van der Waals surface area contributed by atoms with Gasteiger partial charge in [-0.2, -0.15) is 0 Å². The smallest absolute Gasteiger partial charge is 0.358 e. The molecule has 0 saturated carbocycles. The van der Waals surface area contributed by atoms with E-state index < -0.39 is 5.97 Å². The van der Waals surface area contributed by atoms with Gasteiger partial charge in [-0.05, 0) is 24.5 Å². The minimum atomic E-state index is -1.18. The predicted octanol–water partition coefficient (Wildman–Crippen LogP) is 1.34. The van der Waals surface area contributed by atoms with Gasteiger partial charge in [0.2, 0.25) is 5.91 Å². The molecule has 2 N–H and O–H groups in total. The standard InChI is InChI=1S/C12H12N4O3S/c1-20-9-4-2-3-8(5-9)13-11(17)7-16-6-10(12(18)19)14-15-16/h2-6H,7H2,1H3,(H,13,17)(H,18,19). The molecule has 0 aliphatic heterocycles. The van der Waals surface area contributed by atoms with E-state index in [0.717, 1.165) is 4.90 Å². The number of hydrogen-bond acceptors (Lipinski definition) is 5. The Labute approximate surface area is 119 Å². The number of thioether (sulfide) groups is 1. The SMILES string of the molecule is CSc1cccc(NC(=O)Cn2cc(C(=O)O)nn2)c1. The first kappa shape index (κ1) is 14.1. The van der Waals surface area contributed by atoms with Crippen molar-refractivity contribution in [3.8, 4) is 0 Å². The summed E-state index contributed by atoms with van der Waals surface area (Å²) < 4.78 is 1.18. The number of carbonyl (C=O) groups is 2. The Morgan fingerprint density at radius 3 is 2.90 bits per heavy atom. The quantitative estimate of drug-likeness (QED) is 0.807. The highest BCUT2D eigenvalue weighted by Crippen LogP contribution is 2.18. The van der Waals surface area contributed by atoms with Crippen molar-refractivity contribution in [3.63, 3.8) is 0 Å². The van der Waals surface area contributed by atoms with Crippen molar-refractivity contribution >= 4 is 29.3 Å². The van der Waals surface area contributed by atoms with E-state index in [2.05, 4.69) is 15.6 Å². The second-order valence-corrected chi connectivity index (χ2v) is 4.77. The summed E-state index contributed by atoms with van der Waals surface area (Å²) in [5, 5.41) is 18.4. The van der Waals surface area contributed by atoms with Crippen LogP contribution in [-0.2, 0) is 11.3 Å². The van der Waals surface area contributed by atoms with Crippen molar-refractivity contribution < 1.29 is 14.7 Å². The molecule has 0 bridgehead atoms. The zero-order valence-electron chi connectivity index (χ0n) is 10.6. The maximum atomic E-state index is 11.8. The Kier molecular flexibility index (Phi) is 4.36. The number of carbonyl (C=O) groups excluding carboxylic acids is 1. The van der Waals surface area contributed by atoms with Crippen molar-refractivity contribution in [3.05, 3.63) is 36.2 Å². The molecule has 0 saturated heterocycles. The van der Waals surface area contributed by atoms with Gasteiger partial charge in [0.05, 0.1) is 6.20 Å². The molecule has 20 heavy (non-hydrogen) atoms. The molecule has 2 aromatic rings. The lowest BCUT2D eigenvalue weighted by Crippen LogP contribution is -2.19. The van der Waals surface area contributed by atoms with Crippen LogP contribution in [0.2, 0.25) is 0 Å². The van der Waals surface area contributed by atoms with E-state index in [1.54, 1.807) is 17.8 Å². The van der Waals surface area contributed by atoms with E-state index in [4.69, 9.17) is 5.11 Å². The van der Waals surface area contributed by atoms with Crippen molar-refractivity contribution in [1.29, 1.82) is 0 Å². The molecule has 1 heterocycles. The summed E-state index contributed by atoms with van der Waals surface area (Å²) in [6, 6.07) is 7.42. The average molecular weight is 292 g/mol. The lowest BCUT2D eigenvalue weighted by Gasteiger charge is -2.06. The summed E-state index contributed by atoms with van der Waals surface area (Å²) in [5.74, 6) is -1.48. The van der Waals surface area contributed by atoms with Crippen LogP contribution in [0, 0.1) is 0 Å². The molecule has 104 valence electrons. The zero-order valence-corrected chi connectivity index (χ0v) is 11.4. The van der Waals surface area contributed by atoms with Crippen LogP contribution in [-0.4, -0.2) is 38.2 Å². The van der Waals surface area contributed by atoms with Crippen LogP contribution in [0.5, 0.6) is 0 Å². The van der Waals surface area contributed by atoms with E-state index in [1.807, 2.05) is 24.5 Å². The maximum Gasteiger partial charge on any atom is 0.358 e. The van der Waals surface area contributed by atoms with Crippen LogP contribution in [0.15, 0.2) is 35.4 Å². The van der Waals surface area contributed by atoms with Gasteiger partial charge in [0.25, 0.3) is 0 Å². The second kappa shape index (κ2) is 6.20. The summed E-state index contributed by atoms with van der Waals surface area (Å²) >= 11 is 1.58. The lowest BCUT2D eigenvalue weighted by molar-refractivity contribution is -0.116. The summed E-state index contributed by atoms with van der Waals surface area (Å²) in [5.41, 5.74) is 0.489. The molecule has 0 unspecified atom stereocenters. The fourth-order valence-electron chi connectivity index (χ4n) is 1.52. The minimum absolute atomic E-state index is 0.0935. The number of hydrogen-bond donors (Lipinski definition) is 2. The van der Waals surface area contributed by atoms with Crippen LogP contribution in [0.1, 0.15) is 10.5 Å². The highest BCUT2D eigenvalue weighted by Gasteiger charge is 2.10. The molecular weight excluding hydrogens is 280 g/mol. The van der Waals surface area contributed by atoms with Crippen LogP contribution >= 0.6 is 11.8 Å². The molecule has 0 aliphatic carbocycles. The Balaban J connectivity index is 1.99. The van der Waals surface area contributed by atoms with Gasteiger partial charge in [-0.1, -0.05) is 11.3 Å². The first-order valence-electron chi connectivity index (χ1n) is 5.66. The van der Waals surface area contributed by atoms with Crippen LogP contribution in [0.4, 0.5) is 5.69 Å². The minimum Gasteiger partial charge on any atom is -0.476 e. The lowest BCUT2D eigenvalue weighted by atomic mass is 10.3. The van der Waals surface area contributed by atoms with Crippen LogP contribution in [0.25, 0.3) is 0 Å². The molecule has 0 radical (unpaired) electrons. The van der Waals surface area contributed by atoms with Gasteiger partial charge in [0.15, 0.2) is 5.69 Å². The molecule has 1 amide bonds. The fourth-order valence-corrected chi connectivity index (χ4v) is 1.98. The number of nitrogens with one attached hydrogen (secondary N) is 1. The van der Waals surface area contributed by atoms with Gasteiger partial charge in [0, 0.05) is 10.6 Å². The first-order valence-corrected chi connectivity index (χ1v) is 6.88. The molecule has 7 nitrogen and oxygen atoms in total. The maximum absolute atomic E-state index is 11.8. The van der Waals surface area contributed by atoms with Gasteiger partial charge in [-0.15, -0.1) is 16.9 Å². The summed E-state index contributed by atoms with van der Waals surface area (Å²) in [6.07, 6.45) is 3.16. The summed E-state index contributed by atoms with van der Waals surface area (Å²) in [7, 11) is 0. The molecule has 0 atom stereocenters. The average Bonchev–Trinajstić information content (AvgIpc) is 2.87. The number of carboxylic acids is 1. The third-order valence-electron chi connectivity index (χ3n) is 2.42. The number of rotatable bonds is 5. The molecule has 8 heteroatoms. The number of amides is 1. The van der Waals surface area contributed by atoms with Crippen molar-refractivity contribution in [2.75, 3.05) is 11.6 Å². The Morgan fingerprint density at radius 2 is 2.25 bits per heavy atom. The summed E-state index contributed by atoms with van der Waals surface area (Å²) in [6.45, 7) is -0.0935. The molecule has 1 aromatic heterocycles. The highest BCUT2D eigenvalue weighted by molar-refractivity contribution is 7.98. The largest absolute Gasteiger partial charge is 0.476 e. The molecule has 1 aromatic carbocycles. The van der Waals surface area contributed by atoms with E-state index in [1.165, 1.54) is 10.9 Å². The van der Waals surface area contributed by atoms with Gasteiger partial charge in [-0.25, -0.2) is 9.48 Å². The van der Waals surface area contributed by atoms with Gasteiger partial charge in [-0.3, -0.25) is 4.79 Å². The number of benzene rings is 1. The zero-order chi connectivity index (χ0) is 14.5.